The van der Waals surface area contributed by atoms with E-state index in [1.807, 2.05) is 200 Å². The van der Waals surface area contributed by atoms with E-state index in [2.05, 4.69) is 107 Å². The molecule has 29 heteroatoms. The number of aromatic nitrogens is 5. The van der Waals surface area contributed by atoms with Gasteiger partial charge in [-0.05, 0) is 123 Å². The van der Waals surface area contributed by atoms with Crippen LogP contribution in [0.4, 0.5) is 17.1 Å². The number of carbonyl (C=O) groups is 4. The van der Waals surface area contributed by atoms with E-state index in [0.717, 1.165) is 94.8 Å². The minimum absolute atomic E-state index is 0.0466. The number of quaternary nitrogens is 1. The summed E-state index contributed by atoms with van der Waals surface area (Å²) in [6.45, 7) is 8.81. The average molecular weight is 1680 g/mol. The van der Waals surface area contributed by atoms with Crippen molar-refractivity contribution in [1.82, 2.24) is 25.5 Å². The summed E-state index contributed by atoms with van der Waals surface area (Å²) in [6.07, 6.45) is 24.0. The molecule has 25 nitrogen and oxygen atoms in total. The highest BCUT2D eigenvalue weighted by Gasteiger charge is 2.41. The maximum atomic E-state index is 13.9. The number of aliphatic carboxylic acids is 1. The van der Waals surface area contributed by atoms with Gasteiger partial charge in [0.05, 0.1) is 118 Å². The predicted octanol–water partition coefficient (Wildman–Crippen LogP) is 10.3. The molecule has 4 aromatic heterocycles. The van der Waals surface area contributed by atoms with Crippen molar-refractivity contribution in [3.63, 3.8) is 0 Å². The van der Waals surface area contributed by atoms with Gasteiger partial charge in [0.1, 0.15) is 53.1 Å². The van der Waals surface area contributed by atoms with Crippen molar-refractivity contribution >= 4 is 141 Å². The number of thioether (sulfide) groups is 3. The highest BCUT2D eigenvalue weighted by molar-refractivity contribution is 8.04. The lowest BCUT2D eigenvalue weighted by molar-refractivity contribution is -0.896. The van der Waals surface area contributed by atoms with Crippen LogP contribution >= 0.6 is 43.1 Å². The summed E-state index contributed by atoms with van der Waals surface area (Å²) in [6, 6.07) is 54.9. The summed E-state index contributed by atoms with van der Waals surface area (Å²) in [5, 5.41) is 24.6. The zero-order chi connectivity index (χ0) is 83.7. The number of amides is 3. The third kappa shape index (κ3) is 22.2. The molecule has 4 aliphatic rings. The number of anilines is 3. The number of fused-ring (bicyclic) bond motifs is 6. The summed E-state index contributed by atoms with van der Waals surface area (Å²) < 4.78 is 42.4. The van der Waals surface area contributed by atoms with Crippen LogP contribution in [0.3, 0.4) is 0 Å². The third-order valence-corrected chi connectivity index (χ3v) is 24.6. The smallest absolute Gasteiger partial charge is 0.330 e. The van der Waals surface area contributed by atoms with Crippen LogP contribution in [-0.4, -0.2) is 128 Å². The summed E-state index contributed by atoms with van der Waals surface area (Å²) >= 11 is 4.80. The van der Waals surface area contributed by atoms with Gasteiger partial charge in [-0.2, -0.15) is 0 Å². The number of H-pyrrole nitrogens is 1. The van der Waals surface area contributed by atoms with Gasteiger partial charge in [-0.1, -0.05) is 145 Å². The Bertz CT molecular complexity index is 5660. The molecule has 8 heterocycles. The number of carboxylic acids is 1. The number of para-hydroxylation sites is 6. The van der Waals surface area contributed by atoms with Crippen LogP contribution in [0, 0.1) is 0 Å². The molecule has 119 heavy (non-hydrogen) atoms. The lowest BCUT2D eigenvalue weighted by Gasteiger charge is -2.29. The SMILES string of the molecule is CC(C)OCC1OC(n2cc(/C=C/C(=O)NCC[NH+](CCNC(=O)CN3/C(=C/C=C/c4cc[n+](C)c5ccccc45)Sc4ccccc43)CCNC(=O)CN3/C(=C/C=C/c4cc[n+](C)c5ccccc45)Sc4ccccc43)c(=O)[nH]c2=O)CC1OP(=O)([O-])OC(C)C.C[n+]1ccc(/C=C/C=C2\Sc3ccccc3N2CC(=O)O)c2ccccc21. The molecule has 3 amide bonds. The van der Waals surface area contributed by atoms with Crippen LogP contribution in [0.2, 0.25) is 0 Å². The number of pyridine rings is 3. The molecule has 1 fully saturated rings. The van der Waals surface area contributed by atoms with E-state index in [4.69, 9.17) is 18.5 Å². The number of nitrogens with zero attached hydrogens (tertiary/aromatic N) is 7. The number of phosphoric ester groups is 1. The first-order chi connectivity index (χ1) is 57.5. The maximum Gasteiger partial charge on any atom is 0.330 e. The first-order valence-corrected chi connectivity index (χ1v) is 43.2. The van der Waals surface area contributed by atoms with Crippen molar-refractivity contribution in [3.8, 4) is 0 Å². The van der Waals surface area contributed by atoms with Crippen molar-refractivity contribution in [3.05, 3.63) is 289 Å². The second-order valence-electron chi connectivity index (χ2n) is 29.2. The Morgan fingerprint density at radius 2 is 0.983 bits per heavy atom. The molecule has 4 unspecified atom stereocenters. The van der Waals surface area contributed by atoms with E-state index in [1.54, 1.807) is 63.0 Å². The van der Waals surface area contributed by atoms with Gasteiger partial charge in [0.2, 0.25) is 34.3 Å². The number of aryl methyl sites for hydroxylation is 3. The zero-order valence-corrected chi connectivity index (χ0v) is 70.4. The van der Waals surface area contributed by atoms with E-state index in [-0.39, 0.29) is 62.7 Å². The van der Waals surface area contributed by atoms with Crippen LogP contribution in [0.1, 0.15) is 62.6 Å². The summed E-state index contributed by atoms with van der Waals surface area (Å²) in [7, 11) is 1.30. The minimum atomic E-state index is -4.78. The number of phosphoric acid groups is 1. The number of ether oxygens (including phenoxy) is 2. The second-order valence-corrected chi connectivity index (χ2v) is 33.7. The highest BCUT2D eigenvalue weighted by atomic mass is 32.2. The number of hydrogen-bond donors (Lipinski definition) is 6. The van der Waals surface area contributed by atoms with E-state index in [0.29, 0.717) is 32.7 Å². The van der Waals surface area contributed by atoms with Crippen molar-refractivity contribution < 1.29 is 70.9 Å². The zero-order valence-electron chi connectivity index (χ0n) is 67.1. The molecule has 614 valence electrons. The van der Waals surface area contributed by atoms with E-state index in [9.17, 15) is 43.3 Å². The fourth-order valence-corrected chi connectivity index (χ4v) is 18.6. The molecule has 1 saturated heterocycles. The molecule has 10 aromatic rings. The van der Waals surface area contributed by atoms with Gasteiger partial charge in [0.25, 0.3) is 13.4 Å². The Balaban J connectivity index is 0.000000381. The highest BCUT2D eigenvalue weighted by Crippen LogP contribution is 2.49. The number of hydrogen-bond acceptors (Lipinski definition) is 18. The Kier molecular flexibility index (Phi) is 28.8. The van der Waals surface area contributed by atoms with Crippen molar-refractivity contribution in [2.75, 3.05) is 80.2 Å². The number of carboxylic acid groups (broad SMARTS) is 1. The van der Waals surface area contributed by atoms with Gasteiger partial charge in [-0.3, -0.25) is 38.1 Å². The third-order valence-electron chi connectivity index (χ3n) is 20.0. The van der Waals surface area contributed by atoms with E-state index < -0.39 is 55.5 Å². The number of aromatic amines is 1. The standard InChI is InChI=1S/C68H75N10O11PS2.C22H18N2O2S/c1-46(2)86-45-58-57(89-90(84,85)88-47(3)4)41-64(87-58)78-42-50(67(82)72-68(78)83)29-30-61(79)69-33-38-75(39-34-70-62(80)43-76-55-23-11-13-25-59(55)91-65(76)27-15-17-48-31-36-73(5)53-21-9-7-19-51(48)53)40-35-71-63(81)44-77-56-24-12-14-26-60(56)92-66(77)28-16-18-49-32-37-74(6)54-22-10-8-20-52(49)54;1-23-14-13-16(17-8-2-3-9-18(17)23)7-6-12-21-24(15-22(25)26)19-10-4-5-11-20(19)27-21/h7-32,36-37,42,46-47,57-58,64H,33-35,38-41,43-45H2,1-6H3,(H3-2,69,70,71,72,79,80,81,82,83,84,85);2-14H,15H2,1H3/p+3/b30-29+;. The summed E-state index contributed by atoms with van der Waals surface area (Å²) in [5.74, 6) is -1.74. The topological polar surface area (TPSA) is 282 Å². The molecule has 14 rings (SSSR count). The average Bonchev–Trinajstić information content (AvgIpc) is 1.68. The lowest BCUT2D eigenvalue weighted by atomic mass is 10.1. The van der Waals surface area contributed by atoms with Gasteiger partial charge in [0.15, 0.2) is 18.6 Å². The first kappa shape index (κ1) is 85.6. The fourth-order valence-electron chi connectivity index (χ4n) is 14.3. The molecule has 0 saturated carbocycles. The normalized spacial score (nSPS) is 17.4. The molecule has 0 aliphatic carbocycles. The largest absolute Gasteiger partial charge is 0.756 e. The van der Waals surface area contributed by atoms with Crippen LogP contribution in [-0.2, 0) is 63.4 Å². The van der Waals surface area contributed by atoms with E-state index in [1.165, 1.54) is 29.3 Å². The number of rotatable bonds is 31. The monoisotopic (exact) mass is 1680 g/mol. The number of nitrogens with one attached hydrogen (secondary N) is 5. The van der Waals surface area contributed by atoms with Gasteiger partial charge >= 0.3 is 11.7 Å². The Labute approximate surface area is 702 Å². The number of carbonyl (C=O) groups excluding carboxylic acids is 3. The van der Waals surface area contributed by atoms with Gasteiger partial charge in [0, 0.05) is 69.8 Å². The van der Waals surface area contributed by atoms with Crippen molar-refractivity contribution in [2.24, 2.45) is 21.1 Å². The molecular weight excluding hydrogens is 1580 g/mol. The molecular formula is C90H96N12O13PS3+3. The lowest BCUT2D eigenvalue weighted by Crippen LogP contribution is -3.14. The van der Waals surface area contributed by atoms with Crippen molar-refractivity contribution in [2.45, 2.75) is 79.4 Å². The van der Waals surface area contributed by atoms with Crippen LogP contribution < -0.4 is 65.4 Å². The molecule has 0 radical (unpaired) electrons. The molecule has 4 aliphatic heterocycles. The van der Waals surface area contributed by atoms with Crippen LogP contribution in [0.15, 0.2) is 270 Å². The molecule has 0 bridgehead atoms. The van der Waals surface area contributed by atoms with Crippen LogP contribution in [0.5, 0.6) is 0 Å². The Morgan fingerprint density at radius 1 is 0.571 bits per heavy atom. The second kappa shape index (κ2) is 40.0. The molecule has 0 spiro atoms. The predicted molar refractivity (Wildman–Crippen MR) is 467 cm³/mol. The maximum absolute atomic E-state index is 13.9. The fraction of sp³-hybridized carbons (Fsp3) is 0.256. The molecule has 6 N–H and O–H groups in total. The summed E-state index contributed by atoms with van der Waals surface area (Å²) in [4.78, 5) is 104. The number of allylic oxidation sites excluding steroid dienone is 6. The molecule has 6 aromatic carbocycles. The summed E-state index contributed by atoms with van der Waals surface area (Å²) in [5.41, 5.74) is 7.87. The van der Waals surface area contributed by atoms with Crippen LogP contribution in [0.25, 0.3) is 57.0 Å². The van der Waals surface area contributed by atoms with E-state index >= 15 is 0 Å². The van der Waals surface area contributed by atoms with Gasteiger partial charge < -0.3 is 64.1 Å². The van der Waals surface area contributed by atoms with Gasteiger partial charge in [-0.15, -0.1) is 0 Å². The molecule has 4 atom stereocenters. The van der Waals surface area contributed by atoms with Gasteiger partial charge in [-0.25, -0.2) is 18.5 Å². The van der Waals surface area contributed by atoms with Crippen molar-refractivity contribution in [1.29, 1.82) is 0 Å². The number of benzene rings is 6. The minimum Gasteiger partial charge on any atom is -0.756 e. The quantitative estimate of drug-likeness (QED) is 0.0134. The Hall–Kier alpha value is -11.3. The Morgan fingerprint density at radius 3 is 1.41 bits per heavy atom. The first-order valence-electron chi connectivity index (χ1n) is 39.2.